The fourth-order valence-electron chi connectivity index (χ4n) is 4.10. The first-order valence-electron chi connectivity index (χ1n) is 8.95. The van der Waals surface area contributed by atoms with Crippen molar-refractivity contribution in [3.63, 3.8) is 0 Å². The molecule has 0 bridgehead atoms. The van der Waals surface area contributed by atoms with Crippen LogP contribution in [0.15, 0.2) is 24.3 Å². The van der Waals surface area contributed by atoms with Crippen LogP contribution >= 0.6 is 0 Å². The van der Waals surface area contributed by atoms with E-state index >= 15 is 0 Å². The lowest BCUT2D eigenvalue weighted by atomic mass is 10.0. The van der Waals surface area contributed by atoms with E-state index < -0.39 is 0 Å². The van der Waals surface area contributed by atoms with Gasteiger partial charge in [0.1, 0.15) is 5.82 Å². The number of nitrogens with zero attached hydrogens (tertiary/aromatic N) is 3. The fraction of sp³-hybridized carbons (Fsp3) is 0.632. The van der Waals surface area contributed by atoms with Gasteiger partial charge in [-0.05, 0) is 30.5 Å². The molecule has 3 rings (SSSR count). The minimum absolute atomic E-state index is 0.179. The zero-order valence-electron chi connectivity index (χ0n) is 14.9. The van der Waals surface area contributed by atoms with Crippen molar-refractivity contribution in [3.05, 3.63) is 35.6 Å². The van der Waals surface area contributed by atoms with E-state index in [4.69, 9.17) is 0 Å². The molecule has 2 heterocycles. The van der Waals surface area contributed by atoms with Crippen LogP contribution < -0.4 is 0 Å². The molecule has 2 fully saturated rings. The summed E-state index contributed by atoms with van der Waals surface area (Å²) in [4.78, 5) is 18.5. The molecule has 0 aliphatic carbocycles. The maximum Gasteiger partial charge on any atom is 0.219 e. The number of carbonyl (C=O) groups excluding carboxylic acids is 1. The van der Waals surface area contributed by atoms with Crippen molar-refractivity contribution in [2.24, 2.45) is 5.92 Å². The van der Waals surface area contributed by atoms with Crippen molar-refractivity contribution in [2.75, 3.05) is 39.3 Å². The van der Waals surface area contributed by atoms with Gasteiger partial charge in [0.2, 0.25) is 5.91 Å². The summed E-state index contributed by atoms with van der Waals surface area (Å²) in [6, 6.07) is 7.72. The zero-order valence-corrected chi connectivity index (χ0v) is 14.9. The van der Waals surface area contributed by atoms with Crippen molar-refractivity contribution in [3.8, 4) is 0 Å². The van der Waals surface area contributed by atoms with E-state index in [9.17, 15) is 9.18 Å². The van der Waals surface area contributed by atoms with Crippen molar-refractivity contribution in [2.45, 2.75) is 32.9 Å². The molecule has 0 aromatic heterocycles. The van der Waals surface area contributed by atoms with E-state index in [0.717, 1.165) is 39.3 Å². The van der Waals surface area contributed by atoms with Crippen molar-refractivity contribution in [1.82, 2.24) is 14.7 Å². The van der Waals surface area contributed by atoms with Crippen LogP contribution in [0.2, 0.25) is 0 Å². The summed E-state index contributed by atoms with van der Waals surface area (Å²) in [7, 11) is 0. The zero-order chi connectivity index (χ0) is 17.3. The van der Waals surface area contributed by atoms with Gasteiger partial charge in [0, 0.05) is 58.3 Å². The number of hydrogen-bond donors (Lipinski definition) is 0. The van der Waals surface area contributed by atoms with Gasteiger partial charge in [0.05, 0.1) is 0 Å². The van der Waals surface area contributed by atoms with E-state index in [2.05, 4.69) is 23.6 Å². The molecule has 4 nitrogen and oxygen atoms in total. The van der Waals surface area contributed by atoms with E-state index in [1.165, 1.54) is 5.56 Å². The first-order chi connectivity index (χ1) is 11.5. The predicted molar refractivity (Wildman–Crippen MR) is 93.2 cm³/mol. The molecule has 3 atom stereocenters. The predicted octanol–water partition coefficient (Wildman–Crippen LogP) is 2.37. The van der Waals surface area contributed by atoms with Gasteiger partial charge >= 0.3 is 0 Å². The average molecular weight is 333 g/mol. The number of amides is 1. The second-order valence-electron chi connectivity index (χ2n) is 7.27. The van der Waals surface area contributed by atoms with Gasteiger partial charge in [0.25, 0.3) is 0 Å². The molecule has 24 heavy (non-hydrogen) atoms. The highest BCUT2D eigenvalue weighted by Gasteiger charge is 2.37. The molecule has 1 aromatic rings. The fourth-order valence-corrected chi connectivity index (χ4v) is 4.10. The summed E-state index contributed by atoms with van der Waals surface area (Å²) in [5.41, 5.74) is 1.17. The molecule has 0 spiro atoms. The highest BCUT2D eigenvalue weighted by molar-refractivity contribution is 5.73. The van der Waals surface area contributed by atoms with Gasteiger partial charge in [-0.25, -0.2) is 4.39 Å². The van der Waals surface area contributed by atoms with Crippen LogP contribution in [0.25, 0.3) is 0 Å². The van der Waals surface area contributed by atoms with Crippen molar-refractivity contribution >= 4 is 5.91 Å². The van der Waals surface area contributed by atoms with Crippen LogP contribution in [0.3, 0.4) is 0 Å². The minimum Gasteiger partial charge on any atom is -0.340 e. The largest absolute Gasteiger partial charge is 0.340 e. The maximum atomic E-state index is 13.1. The minimum atomic E-state index is -0.179. The Morgan fingerprint density at radius 1 is 1.12 bits per heavy atom. The molecule has 0 radical (unpaired) electrons. The second kappa shape index (κ2) is 7.19. The summed E-state index contributed by atoms with van der Waals surface area (Å²) in [6.45, 7) is 11.9. The topological polar surface area (TPSA) is 26.8 Å². The summed E-state index contributed by atoms with van der Waals surface area (Å²) in [5, 5.41) is 0. The van der Waals surface area contributed by atoms with Crippen LogP contribution in [0.1, 0.15) is 32.4 Å². The standard InChI is InChI=1S/C19H28FN3O/c1-14-12-23(15(2)17-4-6-18(20)7-5-17)13-19(14)22-10-8-21(9-11-22)16(3)24/h4-7,14-15,19H,8-13H2,1-3H3/t14-,15-,19-/m1/s1. The Bertz CT molecular complexity index is 568. The number of rotatable bonds is 3. The smallest absolute Gasteiger partial charge is 0.219 e. The maximum absolute atomic E-state index is 13.1. The average Bonchev–Trinajstić information content (AvgIpc) is 2.97. The molecule has 5 heteroatoms. The van der Waals surface area contributed by atoms with E-state index in [-0.39, 0.29) is 11.7 Å². The Morgan fingerprint density at radius 2 is 1.75 bits per heavy atom. The van der Waals surface area contributed by atoms with E-state index in [0.29, 0.717) is 18.0 Å². The van der Waals surface area contributed by atoms with Crippen LogP contribution in [0.4, 0.5) is 4.39 Å². The Balaban J connectivity index is 1.60. The number of hydrogen-bond acceptors (Lipinski definition) is 3. The second-order valence-corrected chi connectivity index (χ2v) is 7.27. The lowest BCUT2D eigenvalue weighted by Gasteiger charge is -2.39. The lowest BCUT2D eigenvalue weighted by molar-refractivity contribution is -0.130. The Morgan fingerprint density at radius 3 is 2.33 bits per heavy atom. The van der Waals surface area contributed by atoms with Gasteiger partial charge in [0.15, 0.2) is 0 Å². The first kappa shape index (κ1) is 17.4. The number of benzene rings is 1. The molecular weight excluding hydrogens is 305 g/mol. The molecule has 2 saturated heterocycles. The molecule has 0 N–H and O–H groups in total. The Labute approximate surface area is 144 Å². The number of piperazine rings is 1. The lowest BCUT2D eigenvalue weighted by Crippen LogP contribution is -2.53. The van der Waals surface area contributed by atoms with E-state index in [1.54, 1.807) is 19.1 Å². The Hall–Kier alpha value is -1.46. The van der Waals surface area contributed by atoms with Gasteiger partial charge < -0.3 is 4.90 Å². The van der Waals surface area contributed by atoms with Crippen molar-refractivity contribution in [1.29, 1.82) is 0 Å². The van der Waals surface area contributed by atoms with Gasteiger partial charge in [-0.15, -0.1) is 0 Å². The van der Waals surface area contributed by atoms with Gasteiger partial charge in [-0.1, -0.05) is 19.1 Å². The van der Waals surface area contributed by atoms with Gasteiger partial charge in [-0.2, -0.15) is 0 Å². The van der Waals surface area contributed by atoms with Gasteiger partial charge in [-0.3, -0.25) is 14.6 Å². The highest BCUT2D eigenvalue weighted by Crippen LogP contribution is 2.30. The van der Waals surface area contributed by atoms with Crippen LogP contribution in [0, 0.1) is 11.7 Å². The third-order valence-electron chi connectivity index (χ3n) is 5.73. The monoisotopic (exact) mass is 333 g/mol. The molecule has 132 valence electrons. The molecular formula is C19H28FN3O. The van der Waals surface area contributed by atoms with E-state index in [1.807, 2.05) is 17.0 Å². The summed E-state index contributed by atoms with van der Waals surface area (Å²) in [6.07, 6.45) is 0. The summed E-state index contributed by atoms with van der Waals surface area (Å²) in [5.74, 6) is 0.611. The van der Waals surface area contributed by atoms with Crippen LogP contribution in [-0.4, -0.2) is 65.9 Å². The van der Waals surface area contributed by atoms with Crippen molar-refractivity contribution < 1.29 is 9.18 Å². The summed E-state index contributed by atoms with van der Waals surface area (Å²) >= 11 is 0. The van der Waals surface area contributed by atoms with Crippen LogP contribution in [-0.2, 0) is 4.79 Å². The number of carbonyl (C=O) groups is 1. The number of halogens is 1. The molecule has 0 saturated carbocycles. The highest BCUT2D eigenvalue weighted by atomic mass is 19.1. The Kier molecular flexibility index (Phi) is 5.21. The first-order valence-corrected chi connectivity index (χ1v) is 8.95. The normalized spacial score (nSPS) is 27.4. The molecule has 2 aliphatic heterocycles. The third kappa shape index (κ3) is 3.62. The summed E-state index contributed by atoms with van der Waals surface area (Å²) < 4.78 is 13.1. The third-order valence-corrected chi connectivity index (χ3v) is 5.73. The quantitative estimate of drug-likeness (QED) is 0.850. The molecule has 1 amide bonds. The molecule has 1 aromatic carbocycles. The molecule has 0 unspecified atom stereocenters. The SMILES string of the molecule is CC(=O)N1CCN([C@@H]2CN([C@H](C)c3ccc(F)cc3)C[C@H]2C)CC1. The van der Waals surface area contributed by atoms with Crippen LogP contribution in [0.5, 0.6) is 0 Å². The molecule has 2 aliphatic rings. The number of likely N-dealkylation sites (tertiary alicyclic amines) is 1.